The van der Waals surface area contributed by atoms with Crippen LogP contribution < -0.4 is 5.32 Å². The normalized spacial score (nSPS) is 23.4. The van der Waals surface area contributed by atoms with Gasteiger partial charge in [0.15, 0.2) is 6.17 Å². The Labute approximate surface area is 110 Å². The van der Waals surface area contributed by atoms with Crippen molar-refractivity contribution in [3.8, 4) is 0 Å². The molecule has 19 heavy (non-hydrogen) atoms. The van der Waals surface area contributed by atoms with Gasteiger partial charge in [0.1, 0.15) is 0 Å². The molecular weight excluding hydrogens is 273 g/mol. The number of carbonyl (C=O) groups is 1. The van der Waals surface area contributed by atoms with Gasteiger partial charge in [-0.3, -0.25) is 8.98 Å². The molecule has 2 rings (SSSR count). The van der Waals surface area contributed by atoms with Crippen LogP contribution in [0, 0.1) is 6.92 Å². The molecule has 7 heteroatoms. The Morgan fingerprint density at radius 2 is 2.00 bits per heavy atom. The number of carbonyl (C=O) groups excluding carboxylic acids is 1. The van der Waals surface area contributed by atoms with Gasteiger partial charge in [-0.1, -0.05) is 17.7 Å². The molecular formula is C12H14FNO4S. The first-order valence-corrected chi connectivity index (χ1v) is 7.20. The SMILES string of the molecule is Cc1ccc(S(=O)(=O)OC[C@H]2C[C@@H](F)C(=O)N2)cc1. The Kier molecular flexibility index (Phi) is 3.86. The van der Waals surface area contributed by atoms with E-state index in [2.05, 4.69) is 5.32 Å². The zero-order chi connectivity index (χ0) is 14.0. The minimum absolute atomic E-state index is 0.0409. The summed E-state index contributed by atoms with van der Waals surface area (Å²) in [5, 5.41) is 2.33. The summed E-state index contributed by atoms with van der Waals surface area (Å²) in [5.41, 5.74) is 0.933. The molecule has 1 aliphatic heterocycles. The van der Waals surface area contributed by atoms with Gasteiger partial charge in [0.25, 0.3) is 16.0 Å². The zero-order valence-electron chi connectivity index (χ0n) is 10.3. The first-order chi connectivity index (χ1) is 8.88. The van der Waals surface area contributed by atoms with Crippen molar-refractivity contribution in [3.05, 3.63) is 29.8 Å². The van der Waals surface area contributed by atoms with Crippen LogP contribution in [0.25, 0.3) is 0 Å². The van der Waals surface area contributed by atoms with Crippen molar-refractivity contribution >= 4 is 16.0 Å². The number of amides is 1. The lowest BCUT2D eigenvalue weighted by Crippen LogP contribution is -2.31. The molecule has 1 amide bonds. The highest BCUT2D eigenvalue weighted by atomic mass is 32.2. The van der Waals surface area contributed by atoms with Crippen molar-refractivity contribution in [1.82, 2.24) is 5.32 Å². The molecule has 1 heterocycles. The standard InChI is InChI=1S/C12H14FNO4S/c1-8-2-4-10(5-3-8)19(16,17)18-7-9-6-11(13)12(15)14-9/h2-5,9,11H,6-7H2,1H3,(H,14,15)/t9-,11-/m1/s1. The summed E-state index contributed by atoms with van der Waals surface area (Å²) < 4.78 is 41.4. The van der Waals surface area contributed by atoms with Gasteiger partial charge in [-0.05, 0) is 19.1 Å². The summed E-state index contributed by atoms with van der Waals surface area (Å²) >= 11 is 0. The molecule has 0 aliphatic carbocycles. The minimum Gasteiger partial charge on any atom is -0.348 e. The molecule has 1 aromatic carbocycles. The lowest BCUT2D eigenvalue weighted by Gasteiger charge is -2.10. The average molecular weight is 287 g/mol. The van der Waals surface area contributed by atoms with Gasteiger partial charge in [-0.15, -0.1) is 0 Å². The highest BCUT2D eigenvalue weighted by Crippen LogP contribution is 2.16. The fourth-order valence-corrected chi connectivity index (χ4v) is 2.71. The van der Waals surface area contributed by atoms with Gasteiger partial charge in [0.05, 0.1) is 17.5 Å². The van der Waals surface area contributed by atoms with Crippen molar-refractivity contribution in [2.24, 2.45) is 0 Å². The number of hydrogen-bond donors (Lipinski definition) is 1. The van der Waals surface area contributed by atoms with Crippen LogP contribution in [0.2, 0.25) is 0 Å². The third-order valence-corrected chi connectivity index (χ3v) is 4.15. The largest absolute Gasteiger partial charge is 0.348 e. The number of halogens is 1. The van der Waals surface area contributed by atoms with Crippen LogP contribution in [-0.2, 0) is 19.1 Å². The summed E-state index contributed by atoms with van der Waals surface area (Å²) in [4.78, 5) is 11.0. The van der Waals surface area contributed by atoms with Crippen molar-refractivity contribution in [2.45, 2.75) is 30.5 Å². The molecule has 1 N–H and O–H groups in total. The summed E-state index contributed by atoms with van der Waals surface area (Å²) in [6.07, 6.45) is -1.65. The molecule has 104 valence electrons. The van der Waals surface area contributed by atoms with E-state index >= 15 is 0 Å². The van der Waals surface area contributed by atoms with Crippen LogP contribution in [0.15, 0.2) is 29.2 Å². The van der Waals surface area contributed by atoms with Gasteiger partial charge >= 0.3 is 0 Å². The van der Waals surface area contributed by atoms with Crippen molar-refractivity contribution in [3.63, 3.8) is 0 Å². The van der Waals surface area contributed by atoms with Crippen LogP contribution in [0.1, 0.15) is 12.0 Å². The molecule has 2 atom stereocenters. The second-order valence-corrected chi connectivity index (χ2v) is 6.08. The topological polar surface area (TPSA) is 72.5 Å². The van der Waals surface area contributed by atoms with Gasteiger partial charge in [0, 0.05) is 6.42 Å². The number of hydrogen-bond acceptors (Lipinski definition) is 4. The third kappa shape index (κ3) is 3.30. The van der Waals surface area contributed by atoms with E-state index in [-0.39, 0.29) is 17.9 Å². The molecule has 0 unspecified atom stereocenters. The third-order valence-electron chi connectivity index (χ3n) is 2.86. The Morgan fingerprint density at radius 3 is 2.53 bits per heavy atom. The second kappa shape index (κ2) is 5.26. The molecule has 1 aromatic rings. The van der Waals surface area contributed by atoms with Gasteiger partial charge in [0.2, 0.25) is 0 Å². The molecule has 1 saturated heterocycles. The van der Waals surface area contributed by atoms with E-state index < -0.39 is 28.2 Å². The maximum atomic E-state index is 12.9. The van der Waals surface area contributed by atoms with Crippen LogP contribution in [0.4, 0.5) is 4.39 Å². The Hall–Kier alpha value is -1.47. The number of alkyl halides is 1. The van der Waals surface area contributed by atoms with Crippen molar-refractivity contribution in [2.75, 3.05) is 6.61 Å². The summed E-state index contributed by atoms with van der Waals surface area (Å²) in [6, 6.07) is 5.59. The second-order valence-electron chi connectivity index (χ2n) is 4.46. The molecule has 0 aromatic heterocycles. The zero-order valence-corrected chi connectivity index (χ0v) is 11.1. The van der Waals surface area contributed by atoms with Crippen molar-refractivity contribution in [1.29, 1.82) is 0 Å². The monoisotopic (exact) mass is 287 g/mol. The lowest BCUT2D eigenvalue weighted by molar-refractivity contribution is -0.123. The van der Waals surface area contributed by atoms with Gasteiger partial charge < -0.3 is 5.32 Å². The quantitative estimate of drug-likeness (QED) is 0.836. The number of nitrogens with one attached hydrogen (secondary N) is 1. The van der Waals surface area contributed by atoms with E-state index in [1.54, 1.807) is 12.1 Å². The molecule has 1 aliphatic rings. The van der Waals surface area contributed by atoms with Crippen molar-refractivity contribution < 1.29 is 21.8 Å². The van der Waals surface area contributed by atoms with Gasteiger partial charge in [-0.25, -0.2) is 4.39 Å². The van der Waals surface area contributed by atoms with Gasteiger partial charge in [-0.2, -0.15) is 8.42 Å². The predicted octanol–water partition coefficient (Wildman–Crippen LogP) is 0.927. The number of rotatable bonds is 4. The average Bonchev–Trinajstić information content (AvgIpc) is 2.67. The maximum absolute atomic E-state index is 12.9. The molecule has 0 bridgehead atoms. The van der Waals surface area contributed by atoms with Crippen LogP contribution in [-0.4, -0.2) is 33.1 Å². The van der Waals surface area contributed by atoms with Crippen LogP contribution in [0.3, 0.4) is 0 Å². The summed E-state index contributed by atoms with van der Waals surface area (Å²) in [5.74, 6) is -0.721. The smallest absolute Gasteiger partial charge is 0.297 e. The minimum atomic E-state index is -3.87. The number of aryl methyl sites for hydroxylation is 1. The summed E-state index contributed by atoms with van der Waals surface area (Å²) in [7, 11) is -3.87. The molecule has 1 fully saturated rings. The highest BCUT2D eigenvalue weighted by molar-refractivity contribution is 7.86. The Morgan fingerprint density at radius 1 is 1.37 bits per heavy atom. The lowest BCUT2D eigenvalue weighted by atomic mass is 10.2. The predicted molar refractivity (Wildman–Crippen MR) is 65.8 cm³/mol. The van der Waals surface area contributed by atoms with E-state index in [1.165, 1.54) is 12.1 Å². The van der Waals surface area contributed by atoms with E-state index in [1.807, 2.05) is 6.92 Å². The molecule has 0 radical (unpaired) electrons. The van der Waals surface area contributed by atoms with E-state index in [0.717, 1.165) is 5.56 Å². The molecule has 0 saturated carbocycles. The fraction of sp³-hybridized carbons (Fsp3) is 0.417. The van der Waals surface area contributed by atoms with E-state index in [0.29, 0.717) is 0 Å². The maximum Gasteiger partial charge on any atom is 0.297 e. The number of benzene rings is 1. The van der Waals surface area contributed by atoms with E-state index in [4.69, 9.17) is 4.18 Å². The molecule has 5 nitrogen and oxygen atoms in total. The Balaban J connectivity index is 1.99. The fourth-order valence-electron chi connectivity index (χ4n) is 1.76. The first kappa shape index (κ1) is 14.0. The summed E-state index contributed by atoms with van der Waals surface area (Å²) in [6.45, 7) is 1.58. The van der Waals surface area contributed by atoms with E-state index in [9.17, 15) is 17.6 Å². The molecule has 0 spiro atoms. The first-order valence-electron chi connectivity index (χ1n) is 5.79. The highest BCUT2D eigenvalue weighted by Gasteiger charge is 2.33. The Bertz CT molecular complexity index is 570. The van der Waals surface area contributed by atoms with Crippen LogP contribution >= 0.6 is 0 Å². The van der Waals surface area contributed by atoms with Crippen LogP contribution in [0.5, 0.6) is 0 Å².